The van der Waals surface area contributed by atoms with Gasteiger partial charge in [-0.05, 0) is 37.4 Å². The van der Waals surface area contributed by atoms with E-state index in [0.29, 0.717) is 12.6 Å². The van der Waals surface area contributed by atoms with Crippen molar-refractivity contribution in [2.24, 2.45) is 5.73 Å². The fourth-order valence-corrected chi connectivity index (χ4v) is 3.17. The van der Waals surface area contributed by atoms with Crippen LogP contribution in [0.1, 0.15) is 24.9 Å². The number of nitrogens with zero attached hydrogens (tertiary/aromatic N) is 1. The molecular weight excluding hydrogens is 264 g/mol. The second kappa shape index (κ2) is 8.05. The minimum absolute atomic E-state index is 0.263. The van der Waals surface area contributed by atoms with Gasteiger partial charge in [0.05, 0.1) is 0 Å². The van der Waals surface area contributed by atoms with E-state index in [0.717, 1.165) is 17.2 Å². The highest BCUT2D eigenvalue weighted by molar-refractivity contribution is 7.98. The van der Waals surface area contributed by atoms with Gasteiger partial charge in [-0.3, -0.25) is 4.90 Å². The van der Waals surface area contributed by atoms with Crippen molar-refractivity contribution < 1.29 is 0 Å². The van der Waals surface area contributed by atoms with Crippen LogP contribution in [0, 0.1) is 0 Å². The van der Waals surface area contributed by atoms with Crippen LogP contribution in [0.5, 0.6) is 0 Å². The molecule has 0 amide bonds. The van der Waals surface area contributed by atoms with Crippen LogP contribution in [0.3, 0.4) is 0 Å². The molecule has 4 heteroatoms. The average molecular weight is 287 g/mol. The van der Waals surface area contributed by atoms with Gasteiger partial charge in [-0.1, -0.05) is 30.7 Å². The highest BCUT2D eigenvalue weighted by Gasteiger charge is 2.21. The van der Waals surface area contributed by atoms with E-state index >= 15 is 0 Å². The molecule has 102 valence electrons. The monoisotopic (exact) mass is 286 g/mol. The minimum atomic E-state index is 0.263. The van der Waals surface area contributed by atoms with E-state index in [1.807, 2.05) is 23.9 Å². The lowest BCUT2D eigenvalue weighted by Crippen LogP contribution is -2.39. The van der Waals surface area contributed by atoms with Crippen molar-refractivity contribution in [3.8, 4) is 0 Å². The van der Waals surface area contributed by atoms with Crippen LogP contribution < -0.4 is 5.73 Å². The van der Waals surface area contributed by atoms with Gasteiger partial charge in [-0.15, -0.1) is 0 Å². The lowest BCUT2D eigenvalue weighted by atomic mass is 10.0. The molecule has 0 aliphatic carbocycles. The summed E-state index contributed by atoms with van der Waals surface area (Å²) in [5, 5.41) is 0.772. The molecule has 1 rings (SSSR count). The van der Waals surface area contributed by atoms with Gasteiger partial charge in [-0.25, -0.2) is 0 Å². The summed E-state index contributed by atoms with van der Waals surface area (Å²) < 4.78 is 0. The van der Waals surface area contributed by atoms with Crippen molar-refractivity contribution in [3.05, 3.63) is 34.9 Å². The van der Waals surface area contributed by atoms with Crippen molar-refractivity contribution in [2.75, 3.05) is 25.6 Å². The summed E-state index contributed by atoms with van der Waals surface area (Å²) in [6.45, 7) is 2.86. The molecular formula is C14H23ClN2S. The molecule has 0 radical (unpaired) electrons. The van der Waals surface area contributed by atoms with Gasteiger partial charge in [0.2, 0.25) is 0 Å². The fraction of sp³-hybridized carbons (Fsp3) is 0.571. The first-order chi connectivity index (χ1) is 8.63. The molecule has 0 bridgehead atoms. The molecule has 0 saturated heterocycles. The Balaban J connectivity index is 2.84. The molecule has 0 aromatic heterocycles. The summed E-state index contributed by atoms with van der Waals surface area (Å²) in [4.78, 5) is 2.39. The standard InChI is InChI=1S/C14H23ClN2S/c1-4-13(10-18-3)17(2)14(9-16)11-5-7-12(15)8-6-11/h5-8,13-14H,4,9-10,16H2,1-3H3. The predicted molar refractivity (Wildman–Crippen MR) is 83.5 cm³/mol. The number of thioether (sulfide) groups is 1. The van der Waals surface area contributed by atoms with Crippen molar-refractivity contribution in [2.45, 2.75) is 25.4 Å². The van der Waals surface area contributed by atoms with E-state index < -0.39 is 0 Å². The summed E-state index contributed by atoms with van der Waals surface area (Å²) in [6, 6.07) is 8.83. The van der Waals surface area contributed by atoms with Crippen LogP contribution in [0.15, 0.2) is 24.3 Å². The Labute approximate surface area is 120 Å². The highest BCUT2D eigenvalue weighted by atomic mass is 35.5. The first-order valence-electron chi connectivity index (χ1n) is 6.30. The number of hydrogen-bond acceptors (Lipinski definition) is 3. The Bertz CT molecular complexity index is 342. The van der Waals surface area contributed by atoms with Crippen molar-refractivity contribution in [3.63, 3.8) is 0 Å². The van der Waals surface area contributed by atoms with Gasteiger partial charge in [0.15, 0.2) is 0 Å². The highest BCUT2D eigenvalue weighted by Crippen LogP contribution is 2.24. The van der Waals surface area contributed by atoms with Crippen LogP contribution in [0.2, 0.25) is 5.02 Å². The van der Waals surface area contributed by atoms with Crippen LogP contribution in [-0.2, 0) is 0 Å². The van der Waals surface area contributed by atoms with Crippen LogP contribution in [-0.4, -0.2) is 36.5 Å². The molecule has 2 N–H and O–H groups in total. The number of halogens is 1. The summed E-state index contributed by atoms with van der Waals surface area (Å²) >= 11 is 7.82. The zero-order valence-corrected chi connectivity index (χ0v) is 13.0. The van der Waals surface area contributed by atoms with Gasteiger partial charge < -0.3 is 5.73 Å². The van der Waals surface area contributed by atoms with Crippen molar-refractivity contribution >= 4 is 23.4 Å². The molecule has 0 aliphatic heterocycles. The lowest BCUT2D eigenvalue weighted by Gasteiger charge is -2.34. The van der Waals surface area contributed by atoms with Gasteiger partial charge in [0.1, 0.15) is 0 Å². The fourth-order valence-electron chi connectivity index (χ4n) is 2.19. The van der Waals surface area contributed by atoms with Crippen LogP contribution in [0.4, 0.5) is 0 Å². The van der Waals surface area contributed by atoms with Crippen molar-refractivity contribution in [1.82, 2.24) is 4.90 Å². The van der Waals surface area contributed by atoms with E-state index in [1.54, 1.807) is 0 Å². The van der Waals surface area contributed by atoms with E-state index in [1.165, 1.54) is 5.56 Å². The Morgan fingerprint density at radius 3 is 2.39 bits per heavy atom. The third-order valence-corrected chi connectivity index (χ3v) is 4.35. The molecule has 2 atom stereocenters. The van der Waals surface area contributed by atoms with E-state index in [-0.39, 0.29) is 6.04 Å². The second-order valence-electron chi connectivity index (χ2n) is 4.49. The quantitative estimate of drug-likeness (QED) is 0.833. The summed E-state index contributed by atoms with van der Waals surface area (Å²) in [5.74, 6) is 1.14. The molecule has 0 fully saturated rings. The summed E-state index contributed by atoms with van der Waals surface area (Å²) in [5.41, 5.74) is 7.19. The Morgan fingerprint density at radius 1 is 1.33 bits per heavy atom. The third-order valence-electron chi connectivity index (χ3n) is 3.38. The molecule has 0 spiro atoms. The first kappa shape index (κ1) is 15.8. The number of nitrogens with two attached hydrogens (primary N) is 1. The Hall–Kier alpha value is -0.220. The van der Waals surface area contributed by atoms with E-state index in [9.17, 15) is 0 Å². The third kappa shape index (κ3) is 4.16. The molecule has 2 unspecified atom stereocenters. The van der Waals surface area contributed by atoms with Crippen molar-refractivity contribution in [1.29, 1.82) is 0 Å². The molecule has 18 heavy (non-hydrogen) atoms. The maximum absolute atomic E-state index is 5.95. The first-order valence-corrected chi connectivity index (χ1v) is 8.07. The maximum Gasteiger partial charge on any atom is 0.0470 e. The maximum atomic E-state index is 5.95. The number of likely N-dealkylation sites (N-methyl/N-ethyl adjacent to an activating group) is 1. The predicted octanol–water partition coefficient (Wildman–Crippen LogP) is 3.41. The molecule has 2 nitrogen and oxygen atoms in total. The summed E-state index contributed by atoms with van der Waals surface area (Å²) in [7, 11) is 2.16. The molecule has 1 aromatic carbocycles. The SMILES string of the molecule is CCC(CSC)N(C)C(CN)c1ccc(Cl)cc1. The zero-order chi connectivity index (χ0) is 13.5. The smallest absolute Gasteiger partial charge is 0.0470 e. The van der Waals surface area contributed by atoms with Gasteiger partial charge in [0.25, 0.3) is 0 Å². The number of hydrogen-bond donors (Lipinski definition) is 1. The lowest BCUT2D eigenvalue weighted by molar-refractivity contribution is 0.188. The van der Waals surface area contributed by atoms with E-state index in [2.05, 4.69) is 37.3 Å². The number of benzene rings is 1. The van der Waals surface area contributed by atoms with E-state index in [4.69, 9.17) is 17.3 Å². The Kier molecular flexibility index (Phi) is 7.08. The topological polar surface area (TPSA) is 29.3 Å². The molecule has 0 saturated carbocycles. The molecule has 0 heterocycles. The van der Waals surface area contributed by atoms with Gasteiger partial charge in [-0.2, -0.15) is 11.8 Å². The molecule has 0 aliphatic rings. The normalized spacial score (nSPS) is 14.8. The zero-order valence-electron chi connectivity index (χ0n) is 11.4. The molecule has 1 aromatic rings. The summed E-state index contributed by atoms with van der Waals surface area (Å²) in [6.07, 6.45) is 3.29. The van der Waals surface area contributed by atoms with Crippen LogP contribution in [0.25, 0.3) is 0 Å². The average Bonchev–Trinajstić information content (AvgIpc) is 2.38. The minimum Gasteiger partial charge on any atom is -0.329 e. The number of rotatable bonds is 7. The van der Waals surface area contributed by atoms with Crippen LogP contribution >= 0.6 is 23.4 Å². The second-order valence-corrected chi connectivity index (χ2v) is 5.83. The van der Waals surface area contributed by atoms with Gasteiger partial charge >= 0.3 is 0 Å². The Morgan fingerprint density at radius 2 is 1.94 bits per heavy atom. The van der Waals surface area contributed by atoms with Gasteiger partial charge in [0, 0.05) is 29.4 Å². The largest absolute Gasteiger partial charge is 0.329 e.